The molecule has 0 saturated carbocycles. The zero-order valence-corrected chi connectivity index (χ0v) is 18.8. The number of hydrogen-bond acceptors (Lipinski definition) is 6. The van der Waals surface area contributed by atoms with E-state index in [1.54, 1.807) is 43.5 Å². The fourth-order valence-electron chi connectivity index (χ4n) is 3.89. The van der Waals surface area contributed by atoms with Crippen molar-refractivity contribution in [1.82, 2.24) is 9.88 Å². The standard InChI is InChI=1S/C24H25ClN2O5/c1-29-20-10-5-11-21(30-2)23(20)31-15-22(28)27-12-6-9-19(27)24-26-14-17(32-24)13-16-7-3-4-8-18(16)25/h3-5,7-8,10-11,14,19H,6,9,12-13,15H2,1-2H3/t19-/m0/s1. The van der Waals surface area contributed by atoms with E-state index in [-0.39, 0.29) is 18.6 Å². The second-order valence-corrected chi connectivity index (χ2v) is 7.87. The van der Waals surface area contributed by atoms with E-state index < -0.39 is 0 Å². The highest BCUT2D eigenvalue weighted by molar-refractivity contribution is 6.31. The first-order chi connectivity index (χ1) is 15.6. The molecular formula is C24H25ClN2O5. The number of likely N-dealkylation sites (tertiary alicyclic amines) is 1. The Hall–Kier alpha value is -3.19. The normalized spacial score (nSPS) is 15.6. The number of carbonyl (C=O) groups is 1. The van der Waals surface area contributed by atoms with Gasteiger partial charge in [0.25, 0.3) is 5.91 Å². The Morgan fingerprint density at radius 3 is 2.62 bits per heavy atom. The van der Waals surface area contributed by atoms with Gasteiger partial charge in [0.15, 0.2) is 18.1 Å². The number of para-hydroxylation sites is 1. The summed E-state index contributed by atoms with van der Waals surface area (Å²) in [4.78, 5) is 19.2. The molecule has 0 aliphatic carbocycles. The molecule has 1 fully saturated rings. The maximum absolute atomic E-state index is 13.0. The number of nitrogens with zero attached hydrogens (tertiary/aromatic N) is 2. The molecule has 1 amide bonds. The van der Waals surface area contributed by atoms with Gasteiger partial charge < -0.3 is 23.5 Å². The quantitative estimate of drug-likeness (QED) is 0.490. The van der Waals surface area contributed by atoms with Gasteiger partial charge in [0, 0.05) is 18.0 Å². The monoisotopic (exact) mass is 456 g/mol. The van der Waals surface area contributed by atoms with Gasteiger partial charge in [-0.3, -0.25) is 4.79 Å². The van der Waals surface area contributed by atoms with Crippen LogP contribution in [0.2, 0.25) is 5.02 Å². The van der Waals surface area contributed by atoms with Crippen LogP contribution in [-0.4, -0.2) is 43.2 Å². The van der Waals surface area contributed by atoms with E-state index in [1.807, 2.05) is 24.3 Å². The lowest BCUT2D eigenvalue weighted by molar-refractivity contribution is -0.134. The van der Waals surface area contributed by atoms with Gasteiger partial charge in [0.2, 0.25) is 11.6 Å². The van der Waals surface area contributed by atoms with E-state index in [2.05, 4.69) is 4.98 Å². The Kier molecular flexibility index (Phi) is 6.85. The molecule has 2 aromatic carbocycles. The van der Waals surface area contributed by atoms with Crippen molar-refractivity contribution in [2.75, 3.05) is 27.4 Å². The van der Waals surface area contributed by atoms with Gasteiger partial charge in [0.05, 0.1) is 20.4 Å². The minimum atomic E-state index is -0.217. The predicted molar refractivity (Wildman–Crippen MR) is 119 cm³/mol. The molecule has 2 heterocycles. The van der Waals surface area contributed by atoms with E-state index in [1.165, 1.54) is 0 Å². The first-order valence-corrected chi connectivity index (χ1v) is 10.8. The fourth-order valence-corrected chi connectivity index (χ4v) is 4.09. The number of methoxy groups -OCH3 is 2. The summed E-state index contributed by atoms with van der Waals surface area (Å²) in [5.41, 5.74) is 0.968. The SMILES string of the molecule is COc1cccc(OC)c1OCC(=O)N1CCC[C@H]1c1ncc(Cc2ccccc2Cl)o1. The average Bonchev–Trinajstić information content (AvgIpc) is 3.48. The molecule has 0 bridgehead atoms. The van der Waals surface area contributed by atoms with E-state index >= 15 is 0 Å². The van der Waals surface area contributed by atoms with Crippen LogP contribution in [0, 0.1) is 0 Å². The molecule has 1 aliphatic heterocycles. The van der Waals surface area contributed by atoms with E-state index in [0.29, 0.717) is 46.9 Å². The number of halogens is 1. The largest absolute Gasteiger partial charge is 0.493 e. The Morgan fingerprint density at radius 1 is 1.16 bits per heavy atom. The van der Waals surface area contributed by atoms with Crippen LogP contribution in [0.15, 0.2) is 53.1 Å². The third-order valence-electron chi connectivity index (χ3n) is 5.47. The lowest BCUT2D eigenvalue weighted by Gasteiger charge is -2.23. The summed E-state index contributed by atoms with van der Waals surface area (Å²) < 4.78 is 22.5. The van der Waals surface area contributed by atoms with Gasteiger partial charge in [-0.25, -0.2) is 4.98 Å². The smallest absolute Gasteiger partial charge is 0.261 e. The lowest BCUT2D eigenvalue weighted by Crippen LogP contribution is -2.34. The van der Waals surface area contributed by atoms with E-state index in [4.69, 9.17) is 30.2 Å². The Balaban J connectivity index is 1.44. The summed E-state index contributed by atoms with van der Waals surface area (Å²) in [5.74, 6) is 2.51. The van der Waals surface area contributed by atoms with Gasteiger partial charge in [-0.2, -0.15) is 0 Å². The van der Waals surface area contributed by atoms with Crippen molar-refractivity contribution in [3.05, 3.63) is 70.9 Å². The van der Waals surface area contributed by atoms with Crippen LogP contribution in [0.1, 0.15) is 36.1 Å². The van der Waals surface area contributed by atoms with Crippen molar-refractivity contribution < 1.29 is 23.4 Å². The molecule has 168 valence electrons. The third-order valence-corrected chi connectivity index (χ3v) is 5.84. The zero-order chi connectivity index (χ0) is 22.5. The summed E-state index contributed by atoms with van der Waals surface area (Å²) in [5, 5.41) is 0.687. The minimum Gasteiger partial charge on any atom is -0.493 e. The van der Waals surface area contributed by atoms with Gasteiger partial charge in [-0.1, -0.05) is 35.9 Å². The molecule has 32 heavy (non-hydrogen) atoms. The maximum atomic E-state index is 13.0. The third kappa shape index (κ3) is 4.67. The molecule has 8 heteroatoms. The Bertz CT molecular complexity index is 1060. The van der Waals surface area contributed by atoms with Crippen molar-refractivity contribution in [1.29, 1.82) is 0 Å². The molecule has 1 atom stereocenters. The summed E-state index contributed by atoms with van der Waals surface area (Å²) in [6.45, 7) is 0.485. The van der Waals surface area contributed by atoms with Crippen molar-refractivity contribution in [3.8, 4) is 17.2 Å². The molecule has 0 unspecified atom stereocenters. The van der Waals surface area contributed by atoms with Gasteiger partial charge in [-0.05, 0) is 36.6 Å². The molecule has 4 rings (SSSR count). The Morgan fingerprint density at radius 2 is 1.91 bits per heavy atom. The maximum Gasteiger partial charge on any atom is 0.261 e. The summed E-state index contributed by atoms with van der Waals surface area (Å²) in [6, 6.07) is 12.7. The second kappa shape index (κ2) is 9.96. The second-order valence-electron chi connectivity index (χ2n) is 7.46. The first-order valence-electron chi connectivity index (χ1n) is 10.4. The van der Waals surface area contributed by atoms with Crippen molar-refractivity contribution in [2.45, 2.75) is 25.3 Å². The van der Waals surface area contributed by atoms with E-state index in [9.17, 15) is 4.79 Å². The van der Waals surface area contributed by atoms with Gasteiger partial charge in [-0.15, -0.1) is 0 Å². The van der Waals surface area contributed by atoms with E-state index in [0.717, 1.165) is 18.4 Å². The number of rotatable bonds is 8. The molecule has 0 radical (unpaired) electrons. The molecular weight excluding hydrogens is 432 g/mol. The topological polar surface area (TPSA) is 74.0 Å². The number of hydrogen-bond donors (Lipinski definition) is 0. The van der Waals surface area contributed by atoms with Crippen LogP contribution in [0.5, 0.6) is 17.2 Å². The molecule has 7 nitrogen and oxygen atoms in total. The number of ether oxygens (including phenoxy) is 3. The number of carbonyl (C=O) groups excluding carboxylic acids is 1. The first kappa shape index (κ1) is 22.0. The van der Waals surface area contributed by atoms with Gasteiger partial charge >= 0.3 is 0 Å². The molecule has 1 saturated heterocycles. The average molecular weight is 457 g/mol. The van der Waals surface area contributed by atoms with Crippen molar-refractivity contribution in [3.63, 3.8) is 0 Å². The van der Waals surface area contributed by atoms with Crippen LogP contribution in [-0.2, 0) is 11.2 Å². The highest BCUT2D eigenvalue weighted by Gasteiger charge is 2.33. The molecule has 1 aromatic heterocycles. The number of aromatic nitrogens is 1. The van der Waals surface area contributed by atoms with Crippen LogP contribution >= 0.6 is 11.6 Å². The highest BCUT2D eigenvalue weighted by atomic mass is 35.5. The molecule has 0 spiro atoms. The fraction of sp³-hybridized carbons (Fsp3) is 0.333. The molecule has 3 aromatic rings. The van der Waals surface area contributed by atoms with Crippen LogP contribution < -0.4 is 14.2 Å². The number of amides is 1. The molecule has 0 N–H and O–H groups in total. The van der Waals surface area contributed by atoms with Crippen molar-refractivity contribution >= 4 is 17.5 Å². The van der Waals surface area contributed by atoms with Crippen LogP contribution in [0.25, 0.3) is 0 Å². The van der Waals surface area contributed by atoms with Gasteiger partial charge in [0.1, 0.15) is 11.8 Å². The van der Waals surface area contributed by atoms with Crippen LogP contribution in [0.3, 0.4) is 0 Å². The predicted octanol–water partition coefficient (Wildman–Crippen LogP) is 4.68. The zero-order valence-electron chi connectivity index (χ0n) is 18.0. The summed E-state index contributed by atoms with van der Waals surface area (Å²) >= 11 is 6.25. The number of oxazole rings is 1. The minimum absolute atomic E-state index is 0.138. The summed E-state index contributed by atoms with van der Waals surface area (Å²) in [7, 11) is 3.09. The summed E-state index contributed by atoms with van der Waals surface area (Å²) in [6.07, 6.45) is 3.91. The number of benzene rings is 2. The lowest BCUT2D eigenvalue weighted by atomic mass is 10.1. The Labute approximate surface area is 191 Å². The van der Waals surface area contributed by atoms with Crippen LogP contribution in [0.4, 0.5) is 0 Å². The molecule has 1 aliphatic rings. The van der Waals surface area contributed by atoms with Crippen molar-refractivity contribution in [2.24, 2.45) is 0 Å². The highest BCUT2D eigenvalue weighted by Crippen LogP contribution is 2.37.